The molecule has 1 rings (SSSR count). The van der Waals surface area contributed by atoms with E-state index in [0.29, 0.717) is 22.7 Å². The number of carbonyl (C=O) groups excluding carboxylic acids is 1. The molecule has 1 amide bonds. The zero-order valence-electron chi connectivity index (χ0n) is 10.1. The van der Waals surface area contributed by atoms with Gasteiger partial charge in [-0.05, 0) is 24.6 Å². The zero-order valence-corrected chi connectivity index (χ0v) is 10.9. The molecular formula is C12H16ClN3O2. The summed E-state index contributed by atoms with van der Waals surface area (Å²) in [7, 11) is 0. The van der Waals surface area contributed by atoms with Gasteiger partial charge in [-0.3, -0.25) is 4.79 Å². The Kier molecular flexibility index (Phi) is 5.45. The summed E-state index contributed by atoms with van der Waals surface area (Å²) in [5.41, 5.74) is 6.42. The Labute approximate surface area is 111 Å². The molecule has 0 saturated heterocycles. The van der Waals surface area contributed by atoms with Crippen LogP contribution >= 0.6 is 11.6 Å². The van der Waals surface area contributed by atoms with E-state index in [1.54, 1.807) is 18.2 Å². The first-order valence-corrected chi connectivity index (χ1v) is 6.03. The van der Waals surface area contributed by atoms with E-state index >= 15 is 0 Å². The maximum Gasteiger partial charge on any atom is 0.224 e. The fraction of sp³-hybridized carbons (Fsp3) is 0.333. The summed E-state index contributed by atoms with van der Waals surface area (Å²) in [6.07, 6.45) is 2.22. The predicted molar refractivity (Wildman–Crippen MR) is 72.1 cm³/mol. The standard InChI is InChI=1S/C12H16ClN3O2/c1-2-3-4-11(17)15-10-7-8(12(14)16-18)5-6-9(10)13/h5-7,18H,2-4H2,1H3,(H2,14,16)(H,15,17). The summed E-state index contributed by atoms with van der Waals surface area (Å²) in [6.45, 7) is 2.01. The lowest BCUT2D eigenvalue weighted by molar-refractivity contribution is -0.116. The molecule has 1 aromatic carbocycles. The number of halogens is 1. The molecule has 0 bridgehead atoms. The van der Waals surface area contributed by atoms with Crippen molar-refractivity contribution in [3.8, 4) is 0 Å². The molecule has 6 heteroatoms. The fourth-order valence-corrected chi connectivity index (χ4v) is 1.55. The molecule has 18 heavy (non-hydrogen) atoms. The van der Waals surface area contributed by atoms with Crippen molar-refractivity contribution < 1.29 is 10.0 Å². The predicted octanol–water partition coefficient (Wildman–Crippen LogP) is 2.56. The Morgan fingerprint density at radius 1 is 1.56 bits per heavy atom. The van der Waals surface area contributed by atoms with Gasteiger partial charge in [0.2, 0.25) is 5.91 Å². The molecule has 0 atom stereocenters. The molecule has 4 N–H and O–H groups in total. The van der Waals surface area contributed by atoms with Crippen LogP contribution in [0.3, 0.4) is 0 Å². The first-order chi connectivity index (χ1) is 8.58. The van der Waals surface area contributed by atoms with Crippen molar-refractivity contribution in [1.29, 1.82) is 0 Å². The average molecular weight is 270 g/mol. The Bertz CT molecular complexity index is 461. The minimum Gasteiger partial charge on any atom is -0.409 e. The Morgan fingerprint density at radius 2 is 2.28 bits per heavy atom. The van der Waals surface area contributed by atoms with Crippen molar-refractivity contribution in [2.24, 2.45) is 10.9 Å². The van der Waals surface area contributed by atoms with Crippen LogP contribution in [0.1, 0.15) is 31.7 Å². The Morgan fingerprint density at radius 3 is 2.89 bits per heavy atom. The lowest BCUT2D eigenvalue weighted by Gasteiger charge is -2.08. The third-order valence-corrected chi connectivity index (χ3v) is 2.73. The van der Waals surface area contributed by atoms with Crippen molar-refractivity contribution in [1.82, 2.24) is 0 Å². The number of oxime groups is 1. The van der Waals surface area contributed by atoms with Gasteiger partial charge < -0.3 is 16.3 Å². The van der Waals surface area contributed by atoms with Gasteiger partial charge in [0, 0.05) is 12.0 Å². The van der Waals surface area contributed by atoms with Crippen LogP contribution < -0.4 is 11.1 Å². The Hall–Kier alpha value is -1.75. The van der Waals surface area contributed by atoms with E-state index in [4.69, 9.17) is 22.5 Å². The topological polar surface area (TPSA) is 87.7 Å². The molecule has 0 radical (unpaired) electrons. The molecule has 5 nitrogen and oxygen atoms in total. The molecule has 0 aromatic heterocycles. The van der Waals surface area contributed by atoms with Crippen LogP contribution in [0.15, 0.2) is 23.4 Å². The van der Waals surface area contributed by atoms with Crippen molar-refractivity contribution in [2.75, 3.05) is 5.32 Å². The van der Waals surface area contributed by atoms with Crippen LogP contribution in [0.2, 0.25) is 5.02 Å². The minimum atomic E-state index is -0.101. The van der Waals surface area contributed by atoms with E-state index in [-0.39, 0.29) is 11.7 Å². The molecular weight excluding hydrogens is 254 g/mol. The normalized spacial score (nSPS) is 11.3. The van der Waals surface area contributed by atoms with Crippen LogP contribution in [-0.2, 0) is 4.79 Å². The number of carbonyl (C=O) groups is 1. The third-order valence-electron chi connectivity index (χ3n) is 2.40. The zero-order chi connectivity index (χ0) is 13.5. The highest BCUT2D eigenvalue weighted by Gasteiger charge is 2.08. The van der Waals surface area contributed by atoms with E-state index < -0.39 is 0 Å². The molecule has 0 spiro atoms. The van der Waals surface area contributed by atoms with E-state index in [1.807, 2.05) is 6.92 Å². The van der Waals surface area contributed by atoms with Crippen LogP contribution in [0.25, 0.3) is 0 Å². The maximum atomic E-state index is 11.6. The number of benzene rings is 1. The number of hydrogen-bond acceptors (Lipinski definition) is 3. The highest BCUT2D eigenvalue weighted by molar-refractivity contribution is 6.33. The highest BCUT2D eigenvalue weighted by atomic mass is 35.5. The highest BCUT2D eigenvalue weighted by Crippen LogP contribution is 2.23. The second kappa shape index (κ2) is 6.86. The quantitative estimate of drug-likeness (QED) is 0.332. The molecule has 1 aromatic rings. The van der Waals surface area contributed by atoms with Gasteiger partial charge in [0.05, 0.1) is 10.7 Å². The van der Waals surface area contributed by atoms with Crippen LogP contribution in [0, 0.1) is 0 Å². The summed E-state index contributed by atoms with van der Waals surface area (Å²) >= 11 is 5.96. The molecule has 0 heterocycles. The SMILES string of the molecule is CCCCC(=O)Nc1cc(C(N)=NO)ccc1Cl. The van der Waals surface area contributed by atoms with E-state index in [2.05, 4.69) is 10.5 Å². The molecule has 0 unspecified atom stereocenters. The molecule has 0 saturated carbocycles. The van der Waals surface area contributed by atoms with Gasteiger partial charge in [-0.2, -0.15) is 0 Å². The van der Waals surface area contributed by atoms with Gasteiger partial charge in [0.25, 0.3) is 0 Å². The molecule has 98 valence electrons. The van der Waals surface area contributed by atoms with Gasteiger partial charge in [-0.1, -0.05) is 30.1 Å². The van der Waals surface area contributed by atoms with E-state index in [1.165, 1.54) is 0 Å². The van der Waals surface area contributed by atoms with Crippen LogP contribution in [0.4, 0.5) is 5.69 Å². The number of rotatable bonds is 5. The molecule has 0 aliphatic carbocycles. The van der Waals surface area contributed by atoms with Crippen molar-refractivity contribution in [3.05, 3.63) is 28.8 Å². The summed E-state index contributed by atoms with van der Waals surface area (Å²) in [5.74, 6) is -0.133. The monoisotopic (exact) mass is 269 g/mol. The number of anilines is 1. The minimum absolute atomic E-state index is 0.0317. The van der Waals surface area contributed by atoms with Gasteiger partial charge in [0.1, 0.15) is 0 Å². The lowest BCUT2D eigenvalue weighted by atomic mass is 10.1. The summed E-state index contributed by atoms with van der Waals surface area (Å²) in [5, 5.41) is 14.6. The first-order valence-electron chi connectivity index (χ1n) is 5.65. The van der Waals surface area contributed by atoms with Gasteiger partial charge >= 0.3 is 0 Å². The largest absolute Gasteiger partial charge is 0.409 e. The average Bonchev–Trinajstić information content (AvgIpc) is 2.38. The number of amides is 1. The number of amidine groups is 1. The van der Waals surface area contributed by atoms with E-state index in [9.17, 15) is 4.79 Å². The molecule has 0 aliphatic heterocycles. The number of hydrogen-bond donors (Lipinski definition) is 3. The first kappa shape index (κ1) is 14.3. The van der Waals surface area contributed by atoms with Gasteiger partial charge in [0.15, 0.2) is 5.84 Å². The molecule has 0 aliphatic rings. The maximum absolute atomic E-state index is 11.6. The third kappa shape index (κ3) is 3.92. The Balaban J connectivity index is 2.84. The summed E-state index contributed by atoms with van der Waals surface area (Å²) in [6, 6.07) is 4.77. The van der Waals surface area contributed by atoms with Crippen molar-refractivity contribution in [2.45, 2.75) is 26.2 Å². The fourth-order valence-electron chi connectivity index (χ4n) is 1.39. The number of nitrogens with two attached hydrogens (primary N) is 1. The second-order valence-electron chi connectivity index (χ2n) is 3.83. The van der Waals surface area contributed by atoms with Gasteiger partial charge in [-0.25, -0.2) is 0 Å². The van der Waals surface area contributed by atoms with E-state index in [0.717, 1.165) is 12.8 Å². The second-order valence-corrected chi connectivity index (χ2v) is 4.24. The lowest BCUT2D eigenvalue weighted by Crippen LogP contribution is -2.15. The number of nitrogens with zero attached hydrogens (tertiary/aromatic N) is 1. The van der Waals surface area contributed by atoms with Crippen LogP contribution in [-0.4, -0.2) is 17.0 Å². The van der Waals surface area contributed by atoms with Crippen molar-refractivity contribution >= 4 is 29.0 Å². The van der Waals surface area contributed by atoms with Crippen molar-refractivity contribution in [3.63, 3.8) is 0 Å². The van der Waals surface area contributed by atoms with Crippen LogP contribution in [0.5, 0.6) is 0 Å². The number of nitrogens with one attached hydrogen (secondary N) is 1. The summed E-state index contributed by atoms with van der Waals surface area (Å²) in [4.78, 5) is 11.6. The summed E-state index contributed by atoms with van der Waals surface area (Å²) < 4.78 is 0. The molecule has 0 fully saturated rings. The van der Waals surface area contributed by atoms with Gasteiger partial charge in [-0.15, -0.1) is 0 Å². The smallest absolute Gasteiger partial charge is 0.224 e. The number of unbranched alkanes of at least 4 members (excludes halogenated alkanes) is 1.